The number of carbonyl (C=O) groups is 1. The van der Waals surface area contributed by atoms with Crippen LogP contribution in [0.2, 0.25) is 0 Å². The van der Waals surface area contributed by atoms with Gasteiger partial charge < -0.3 is 9.80 Å². The second kappa shape index (κ2) is 8.67. The molecule has 1 amide bonds. The normalized spacial score (nSPS) is 19.9. The summed E-state index contributed by atoms with van der Waals surface area (Å²) in [6, 6.07) is 18.5. The van der Waals surface area contributed by atoms with Crippen LogP contribution in [0.3, 0.4) is 0 Å². The van der Waals surface area contributed by atoms with E-state index in [9.17, 15) is 4.79 Å². The number of carbonyl (C=O) groups excluding carboxylic acids is 1. The Balaban J connectivity index is 1.40. The van der Waals surface area contributed by atoms with Gasteiger partial charge >= 0.3 is 0 Å². The highest BCUT2D eigenvalue weighted by Crippen LogP contribution is 2.30. The summed E-state index contributed by atoms with van der Waals surface area (Å²) in [4.78, 5) is 19.9. The maximum Gasteiger partial charge on any atom is 0.241 e. The van der Waals surface area contributed by atoms with Crippen LogP contribution >= 0.6 is 0 Å². The molecule has 0 saturated carbocycles. The van der Waals surface area contributed by atoms with E-state index in [-0.39, 0.29) is 11.9 Å². The fraction of sp³-hybridized carbons (Fsp3) is 0.417. The number of fused-ring (bicyclic) bond motifs is 1. The molecular formula is C24H28N4O. The molecule has 2 aromatic carbocycles. The Kier molecular flexibility index (Phi) is 5.82. The van der Waals surface area contributed by atoms with Crippen molar-refractivity contribution in [3.05, 3.63) is 59.7 Å². The van der Waals surface area contributed by atoms with Crippen LogP contribution in [0.1, 0.15) is 30.9 Å². The number of hydrogen-bond acceptors (Lipinski definition) is 4. The lowest BCUT2D eigenvalue weighted by Crippen LogP contribution is -2.47. The van der Waals surface area contributed by atoms with Gasteiger partial charge in [0.05, 0.1) is 18.2 Å². The van der Waals surface area contributed by atoms with Gasteiger partial charge in [-0.05, 0) is 62.1 Å². The molecule has 1 unspecified atom stereocenters. The van der Waals surface area contributed by atoms with Gasteiger partial charge in [-0.3, -0.25) is 9.69 Å². The molecule has 0 N–H and O–H groups in total. The molecule has 2 aliphatic heterocycles. The molecule has 150 valence electrons. The molecule has 0 aromatic heterocycles. The van der Waals surface area contributed by atoms with E-state index in [1.165, 1.54) is 5.56 Å². The summed E-state index contributed by atoms with van der Waals surface area (Å²) in [5.41, 5.74) is 4.20. The lowest BCUT2D eigenvalue weighted by Gasteiger charge is -2.36. The average molecular weight is 389 g/mol. The van der Waals surface area contributed by atoms with Crippen LogP contribution < -0.4 is 9.80 Å². The number of hydrogen-bond donors (Lipinski definition) is 0. The molecule has 0 spiro atoms. The highest BCUT2D eigenvalue weighted by atomic mass is 16.2. The van der Waals surface area contributed by atoms with Crippen molar-refractivity contribution in [1.82, 2.24) is 4.90 Å². The van der Waals surface area contributed by atoms with Crippen LogP contribution in [0.4, 0.5) is 11.4 Å². The third-order valence-corrected chi connectivity index (χ3v) is 6.10. The van der Waals surface area contributed by atoms with Crippen molar-refractivity contribution in [3.63, 3.8) is 0 Å². The van der Waals surface area contributed by atoms with Crippen molar-refractivity contribution in [2.75, 3.05) is 42.5 Å². The summed E-state index contributed by atoms with van der Waals surface area (Å²) in [6.45, 7) is 6.30. The molecule has 29 heavy (non-hydrogen) atoms. The molecule has 4 rings (SSSR count). The van der Waals surface area contributed by atoms with Crippen LogP contribution in [0, 0.1) is 11.3 Å². The summed E-state index contributed by atoms with van der Waals surface area (Å²) in [6.07, 6.45) is 3.10. The summed E-state index contributed by atoms with van der Waals surface area (Å²) < 4.78 is 0. The van der Waals surface area contributed by atoms with Crippen molar-refractivity contribution in [1.29, 1.82) is 5.26 Å². The Morgan fingerprint density at radius 2 is 1.86 bits per heavy atom. The standard InChI is InChI=1S/C24H28N4O/c1-19-7-10-21-5-2-3-6-23(21)28(19)24(29)18-26-13-4-14-27(16-15-26)22-11-8-20(17-25)9-12-22/h2-3,5-6,8-9,11-12,19H,4,7,10,13-16,18H2,1H3. The largest absolute Gasteiger partial charge is 0.370 e. The van der Waals surface area contributed by atoms with Gasteiger partial charge in [0.25, 0.3) is 0 Å². The maximum atomic E-state index is 13.2. The van der Waals surface area contributed by atoms with Gasteiger partial charge in [-0.25, -0.2) is 0 Å². The Morgan fingerprint density at radius 1 is 1.07 bits per heavy atom. The molecule has 2 heterocycles. The van der Waals surface area contributed by atoms with E-state index in [2.05, 4.69) is 41.0 Å². The Morgan fingerprint density at radius 3 is 2.66 bits per heavy atom. The minimum absolute atomic E-state index is 0.205. The zero-order valence-corrected chi connectivity index (χ0v) is 17.1. The van der Waals surface area contributed by atoms with Crippen LogP contribution in [-0.2, 0) is 11.2 Å². The van der Waals surface area contributed by atoms with E-state index in [0.717, 1.165) is 56.8 Å². The Bertz CT molecular complexity index is 902. The first-order valence-electron chi connectivity index (χ1n) is 10.5. The van der Waals surface area contributed by atoms with Crippen LogP contribution in [0.25, 0.3) is 0 Å². The predicted octanol–water partition coefficient (Wildman–Crippen LogP) is 3.44. The maximum absolute atomic E-state index is 13.2. The first-order valence-corrected chi connectivity index (χ1v) is 10.5. The van der Waals surface area contributed by atoms with Crippen molar-refractivity contribution < 1.29 is 4.79 Å². The van der Waals surface area contributed by atoms with Gasteiger partial charge in [-0.2, -0.15) is 5.26 Å². The second-order valence-corrected chi connectivity index (χ2v) is 8.06. The first kappa shape index (κ1) is 19.5. The molecule has 1 atom stereocenters. The zero-order valence-electron chi connectivity index (χ0n) is 17.1. The molecule has 0 aliphatic carbocycles. The number of anilines is 2. The Labute approximate surface area is 173 Å². The number of benzene rings is 2. The lowest BCUT2D eigenvalue weighted by molar-refractivity contribution is -0.120. The van der Waals surface area contributed by atoms with Crippen molar-refractivity contribution in [2.45, 2.75) is 32.2 Å². The number of nitriles is 1. The van der Waals surface area contributed by atoms with E-state index in [1.807, 2.05) is 35.2 Å². The SMILES string of the molecule is CC1CCc2ccccc2N1C(=O)CN1CCCN(c2ccc(C#N)cc2)CC1. The van der Waals surface area contributed by atoms with Crippen LogP contribution in [-0.4, -0.2) is 49.6 Å². The molecule has 2 aromatic rings. The van der Waals surface area contributed by atoms with E-state index in [0.29, 0.717) is 12.1 Å². The molecular weight excluding hydrogens is 360 g/mol. The van der Waals surface area contributed by atoms with Gasteiger partial charge in [0, 0.05) is 43.6 Å². The number of nitrogens with zero attached hydrogens (tertiary/aromatic N) is 4. The van der Waals surface area contributed by atoms with Crippen LogP contribution in [0.15, 0.2) is 48.5 Å². The molecule has 1 saturated heterocycles. The zero-order chi connectivity index (χ0) is 20.2. The Hall–Kier alpha value is -2.84. The quantitative estimate of drug-likeness (QED) is 0.808. The molecule has 0 bridgehead atoms. The first-order chi connectivity index (χ1) is 14.2. The molecule has 2 aliphatic rings. The van der Waals surface area contributed by atoms with E-state index < -0.39 is 0 Å². The fourth-order valence-corrected chi connectivity index (χ4v) is 4.47. The average Bonchev–Trinajstić information content (AvgIpc) is 2.99. The smallest absolute Gasteiger partial charge is 0.241 e. The number of rotatable bonds is 3. The van der Waals surface area contributed by atoms with Gasteiger partial charge in [0.15, 0.2) is 0 Å². The minimum atomic E-state index is 0.205. The summed E-state index contributed by atoms with van der Waals surface area (Å²) >= 11 is 0. The van der Waals surface area contributed by atoms with Crippen molar-refractivity contribution >= 4 is 17.3 Å². The number of para-hydroxylation sites is 1. The lowest BCUT2D eigenvalue weighted by atomic mass is 9.96. The highest BCUT2D eigenvalue weighted by Gasteiger charge is 2.29. The fourth-order valence-electron chi connectivity index (χ4n) is 4.47. The van der Waals surface area contributed by atoms with E-state index in [1.54, 1.807) is 0 Å². The third kappa shape index (κ3) is 4.28. The van der Waals surface area contributed by atoms with Gasteiger partial charge in [0.2, 0.25) is 5.91 Å². The van der Waals surface area contributed by atoms with Crippen LogP contribution in [0.5, 0.6) is 0 Å². The van der Waals surface area contributed by atoms with E-state index in [4.69, 9.17) is 5.26 Å². The number of amides is 1. The topological polar surface area (TPSA) is 50.6 Å². The molecule has 5 nitrogen and oxygen atoms in total. The van der Waals surface area contributed by atoms with Crippen molar-refractivity contribution in [3.8, 4) is 6.07 Å². The summed E-state index contributed by atoms with van der Waals surface area (Å²) in [5, 5.41) is 8.98. The van der Waals surface area contributed by atoms with Gasteiger partial charge in [-0.1, -0.05) is 18.2 Å². The van der Waals surface area contributed by atoms with Gasteiger partial charge in [-0.15, -0.1) is 0 Å². The third-order valence-electron chi connectivity index (χ3n) is 6.10. The minimum Gasteiger partial charge on any atom is -0.370 e. The van der Waals surface area contributed by atoms with E-state index >= 15 is 0 Å². The monoisotopic (exact) mass is 388 g/mol. The molecule has 5 heteroatoms. The van der Waals surface area contributed by atoms with Crippen molar-refractivity contribution in [2.24, 2.45) is 0 Å². The second-order valence-electron chi connectivity index (χ2n) is 8.06. The predicted molar refractivity (Wildman–Crippen MR) is 116 cm³/mol. The van der Waals surface area contributed by atoms with Gasteiger partial charge in [0.1, 0.15) is 0 Å². The summed E-state index contributed by atoms with van der Waals surface area (Å²) in [5.74, 6) is 0.205. The number of aryl methyl sites for hydroxylation is 1. The summed E-state index contributed by atoms with van der Waals surface area (Å²) in [7, 11) is 0. The molecule has 0 radical (unpaired) electrons. The highest BCUT2D eigenvalue weighted by molar-refractivity contribution is 5.96. The molecule has 1 fully saturated rings.